The molecule has 2 heterocycles. The van der Waals surface area contributed by atoms with E-state index in [2.05, 4.69) is 9.46 Å². The molecule has 1 aromatic heterocycles. The fourth-order valence-corrected chi connectivity index (χ4v) is 4.74. The Kier molecular flexibility index (Phi) is 4.79. The lowest BCUT2D eigenvalue weighted by Gasteiger charge is -2.19. The van der Waals surface area contributed by atoms with Crippen molar-refractivity contribution in [3.05, 3.63) is 16.3 Å². The summed E-state index contributed by atoms with van der Waals surface area (Å²) in [6.07, 6.45) is 1.64. The van der Waals surface area contributed by atoms with Gasteiger partial charge in [-0.05, 0) is 31.2 Å². The molecule has 2 atom stereocenters. The van der Waals surface area contributed by atoms with Gasteiger partial charge in [-0.1, -0.05) is 0 Å². The first-order valence-corrected chi connectivity index (χ1v) is 8.61. The Balaban J connectivity index is 2.18. The number of carbonyl (C=O) groups excluding carboxylic acids is 1. The minimum absolute atomic E-state index is 0.0424. The summed E-state index contributed by atoms with van der Waals surface area (Å²) in [7, 11) is -2.54. The molecule has 1 aromatic rings. The third-order valence-electron chi connectivity index (χ3n) is 3.15. The first kappa shape index (κ1) is 15.4. The summed E-state index contributed by atoms with van der Waals surface area (Å²) in [6, 6.07) is 1.06. The Morgan fingerprint density at radius 3 is 2.95 bits per heavy atom. The molecule has 1 aliphatic heterocycles. The molecule has 112 valence electrons. The van der Waals surface area contributed by atoms with Gasteiger partial charge < -0.3 is 9.47 Å². The average molecular weight is 319 g/mol. The van der Waals surface area contributed by atoms with Crippen LogP contribution in [0.3, 0.4) is 0 Å². The topological polar surface area (TPSA) is 81.7 Å². The number of sulfonamides is 1. The smallest absolute Gasteiger partial charge is 0.349 e. The molecule has 2 rings (SSSR count). The molecule has 0 aromatic carbocycles. The van der Waals surface area contributed by atoms with Gasteiger partial charge in [0.25, 0.3) is 0 Å². The van der Waals surface area contributed by atoms with Crippen LogP contribution in [-0.2, 0) is 19.5 Å². The number of rotatable bonds is 5. The number of ether oxygens (including phenoxy) is 2. The molecule has 0 radical (unpaired) electrons. The monoisotopic (exact) mass is 319 g/mol. The molecule has 0 saturated carbocycles. The van der Waals surface area contributed by atoms with E-state index >= 15 is 0 Å². The standard InChI is InChI=1S/C12H17NO5S2/c1-8(9-4-3-6-18-9)13-20(15,16)10-5-7-19-11(10)12(14)17-2/h5,7-9,13H,3-4,6H2,1-2H3/t8-,9-/m1/s1. The molecule has 0 amide bonds. The minimum Gasteiger partial charge on any atom is -0.465 e. The zero-order chi connectivity index (χ0) is 14.8. The second-order valence-corrected chi connectivity index (χ2v) is 7.17. The van der Waals surface area contributed by atoms with Crippen LogP contribution in [0.4, 0.5) is 0 Å². The van der Waals surface area contributed by atoms with Crippen LogP contribution in [-0.4, -0.2) is 40.2 Å². The van der Waals surface area contributed by atoms with Crippen molar-refractivity contribution in [3.63, 3.8) is 0 Å². The highest BCUT2D eigenvalue weighted by atomic mass is 32.2. The normalized spacial score (nSPS) is 20.8. The predicted octanol–water partition coefficient (Wildman–Crippen LogP) is 1.38. The van der Waals surface area contributed by atoms with E-state index in [0.29, 0.717) is 6.61 Å². The van der Waals surface area contributed by atoms with Crippen molar-refractivity contribution in [2.75, 3.05) is 13.7 Å². The van der Waals surface area contributed by atoms with E-state index in [9.17, 15) is 13.2 Å². The Morgan fingerprint density at radius 1 is 1.60 bits per heavy atom. The fourth-order valence-electron chi connectivity index (χ4n) is 2.13. The first-order valence-electron chi connectivity index (χ1n) is 6.25. The van der Waals surface area contributed by atoms with Crippen molar-refractivity contribution in [1.82, 2.24) is 4.72 Å². The molecule has 1 N–H and O–H groups in total. The number of hydrogen-bond donors (Lipinski definition) is 1. The summed E-state index contributed by atoms with van der Waals surface area (Å²) in [5.74, 6) is -0.648. The average Bonchev–Trinajstić information content (AvgIpc) is 3.08. The van der Waals surface area contributed by atoms with Crippen molar-refractivity contribution in [1.29, 1.82) is 0 Å². The van der Waals surface area contributed by atoms with Gasteiger partial charge in [0, 0.05) is 12.6 Å². The van der Waals surface area contributed by atoms with Crippen LogP contribution in [0.5, 0.6) is 0 Å². The van der Waals surface area contributed by atoms with Crippen molar-refractivity contribution >= 4 is 27.3 Å². The third kappa shape index (κ3) is 3.20. The van der Waals surface area contributed by atoms with Gasteiger partial charge in [0.2, 0.25) is 10.0 Å². The number of esters is 1. The summed E-state index contributed by atoms with van der Waals surface area (Å²) < 4.78 is 37.3. The van der Waals surface area contributed by atoms with Crippen LogP contribution in [0, 0.1) is 0 Å². The highest BCUT2D eigenvalue weighted by molar-refractivity contribution is 7.89. The van der Waals surface area contributed by atoms with Crippen LogP contribution in [0.2, 0.25) is 0 Å². The zero-order valence-electron chi connectivity index (χ0n) is 11.3. The molecule has 1 saturated heterocycles. The summed E-state index contributed by atoms with van der Waals surface area (Å²) in [5.41, 5.74) is 0. The lowest BCUT2D eigenvalue weighted by molar-refractivity contribution is 0.0602. The van der Waals surface area contributed by atoms with Gasteiger partial charge in [-0.25, -0.2) is 17.9 Å². The third-order valence-corrected chi connectivity index (χ3v) is 5.78. The minimum atomic E-state index is -3.76. The van der Waals surface area contributed by atoms with E-state index in [4.69, 9.17) is 4.74 Å². The van der Waals surface area contributed by atoms with Crippen molar-refractivity contribution in [2.45, 2.75) is 36.8 Å². The second kappa shape index (κ2) is 6.21. The second-order valence-electron chi connectivity index (χ2n) is 4.57. The van der Waals surface area contributed by atoms with Gasteiger partial charge in [-0.15, -0.1) is 11.3 Å². The number of thiophene rings is 1. The molecule has 6 nitrogen and oxygen atoms in total. The summed E-state index contributed by atoms with van der Waals surface area (Å²) in [4.78, 5) is 11.6. The highest BCUT2D eigenvalue weighted by Gasteiger charge is 2.30. The molecule has 1 fully saturated rings. The fraction of sp³-hybridized carbons (Fsp3) is 0.583. The molecule has 0 unspecified atom stereocenters. The van der Waals surface area contributed by atoms with Gasteiger partial charge in [-0.2, -0.15) is 0 Å². The molecule has 0 aliphatic carbocycles. The molecular formula is C12H17NO5S2. The van der Waals surface area contributed by atoms with Crippen molar-refractivity contribution in [3.8, 4) is 0 Å². The van der Waals surface area contributed by atoms with E-state index in [0.717, 1.165) is 24.2 Å². The van der Waals surface area contributed by atoms with Gasteiger partial charge in [0.15, 0.2) is 0 Å². The van der Waals surface area contributed by atoms with E-state index in [1.165, 1.54) is 13.2 Å². The molecule has 0 spiro atoms. The molecular weight excluding hydrogens is 302 g/mol. The Bertz CT molecular complexity index is 574. The van der Waals surface area contributed by atoms with Gasteiger partial charge in [0.05, 0.1) is 13.2 Å². The van der Waals surface area contributed by atoms with Crippen LogP contribution in [0.25, 0.3) is 0 Å². The SMILES string of the molecule is COC(=O)c1sccc1S(=O)(=O)N[C@H](C)[C@H]1CCCO1. The van der Waals surface area contributed by atoms with Crippen LogP contribution >= 0.6 is 11.3 Å². The first-order chi connectivity index (χ1) is 9.45. The van der Waals surface area contributed by atoms with Crippen LogP contribution in [0.1, 0.15) is 29.4 Å². The Hall–Kier alpha value is -0.960. The summed E-state index contributed by atoms with van der Waals surface area (Å²) >= 11 is 1.04. The van der Waals surface area contributed by atoms with E-state index in [1.54, 1.807) is 12.3 Å². The zero-order valence-corrected chi connectivity index (χ0v) is 12.9. The van der Waals surface area contributed by atoms with E-state index in [-0.39, 0.29) is 21.9 Å². The number of hydrogen-bond acceptors (Lipinski definition) is 6. The molecule has 0 bridgehead atoms. The van der Waals surface area contributed by atoms with Crippen LogP contribution in [0.15, 0.2) is 16.3 Å². The van der Waals surface area contributed by atoms with E-state index < -0.39 is 16.0 Å². The van der Waals surface area contributed by atoms with Crippen molar-refractivity contribution < 1.29 is 22.7 Å². The lowest BCUT2D eigenvalue weighted by Crippen LogP contribution is -2.41. The summed E-state index contributed by atoms with van der Waals surface area (Å²) in [6.45, 7) is 2.42. The Morgan fingerprint density at radius 2 is 2.35 bits per heavy atom. The van der Waals surface area contributed by atoms with Gasteiger partial charge >= 0.3 is 5.97 Å². The summed E-state index contributed by atoms with van der Waals surface area (Å²) in [5, 5.41) is 1.55. The number of methoxy groups -OCH3 is 1. The highest BCUT2D eigenvalue weighted by Crippen LogP contribution is 2.24. The molecule has 20 heavy (non-hydrogen) atoms. The predicted molar refractivity (Wildman–Crippen MR) is 74.4 cm³/mol. The molecule has 1 aliphatic rings. The van der Waals surface area contributed by atoms with E-state index in [1.807, 2.05) is 0 Å². The largest absolute Gasteiger partial charge is 0.465 e. The maximum Gasteiger partial charge on any atom is 0.349 e. The maximum atomic E-state index is 12.3. The van der Waals surface area contributed by atoms with Gasteiger partial charge in [0.1, 0.15) is 9.77 Å². The molecule has 8 heteroatoms. The Labute approximate surface area is 122 Å². The van der Waals surface area contributed by atoms with Crippen LogP contribution < -0.4 is 4.72 Å². The lowest BCUT2D eigenvalue weighted by atomic mass is 10.1. The number of nitrogens with one attached hydrogen (secondary N) is 1. The quantitative estimate of drug-likeness (QED) is 0.829. The maximum absolute atomic E-state index is 12.3. The number of carbonyl (C=O) groups is 1. The van der Waals surface area contributed by atoms with Gasteiger partial charge in [-0.3, -0.25) is 0 Å². The van der Waals surface area contributed by atoms with Crippen molar-refractivity contribution in [2.24, 2.45) is 0 Å².